The van der Waals surface area contributed by atoms with Gasteiger partial charge in [0.1, 0.15) is 0 Å². The van der Waals surface area contributed by atoms with Gasteiger partial charge in [-0.1, -0.05) is 12.1 Å². The van der Waals surface area contributed by atoms with Crippen LogP contribution in [0.4, 0.5) is 0 Å². The molecule has 9 heteroatoms. The minimum absolute atomic E-state index is 0.119. The summed E-state index contributed by atoms with van der Waals surface area (Å²) >= 11 is 3.17. The highest BCUT2D eigenvalue weighted by molar-refractivity contribution is 9.10. The lowest BCUT2D eigenvalue weighted by molar-refractivity contribution is 0.293. The maximum absolute atomic E-state index is 12.7. The minimum atomic E-state index is -3.56. The summed E-state index contributed by atoms with van der Waals surface area (Å²) in [7, 11) is -1.98. The predicted octanol–water partition coefficient (Wildman–Crippen LogP) is 0.588. The Bertz CT molecular complexity index is 534. The molecule has 1 aromatic heterocycles. The van der Waals surface area contributed by atoms with Gasteiger partial charge in [0.25, 0.3) is 10.0 Å². The van der Waals surface area contributed by atoms with Gasteiger partial charge >= 0.3 is 0 Å². The van der Waals surface area contributed by atoms with Crippen molar-refractivity contribution in [3.05, 3.63) is 4.60 Å². The Morgan fingerprint density at radius 3 is 2.60 bits per heavy atom. The lowest BCUT2D eigenvalue weighted by Crippen LogP contribution is -2.39. The number of piperidine rings is 1. The van der Waals surface area contributed by atoms with E-state index in [-0.39, 0.29) is 9.63 Å². The molecule has 1 aromatic rings. The third-order valence-corrected chi connectivity index (χ3v) is 6.42. The third kappa shape index (κ3) is 3.21. The van der Waals surface area contributed by atoms with E-state index >= 15 is 0 Å². The average Bonchev–Trinajstić information content (AvgIpc) is 2.77. The highest BCUT2D eigenvalue weighted by Gasteiger charge is 2.31. The highest BCUT2D eigenvalue weighted by Crippen LogP contribution is 2.24. The molecule has 0 bridgehead atoms. The number of aryl methyl sites for hydroxylation is 1. The molecule has 1 aliphatic rings. The monoisotopic (exact) mass is 365 g/mol. The number of rotatable bonds is 5. The number of hydrogen-bond acceptors (Lipinski definition) is 5. The van der Waals surface area contributed by atoms with Gasteiger partial charge in [-0.3, -0.25) is 0 Å². The molecule has 114 valence electrons. The molecule has 2 rings (SSSR count). The Morgan fingerprint density at radius 2 is 2.10 bits per heavy atom. The van der Waals surface area contributed by atoms with Crippen LogP contribution in [0.1, 0.15) is 19.8 Å². The second-order valence-electron chi connectivity index (χ2n) is 4.96. The zero-order valence-corrected chi connectivity index (χ0v) is 14.1. The second-order valence-corrected chi connectivity index (χ2v) is 7.56. The summed E-state index contributed by atoms with van der Waals surface area (Å²) in [6.45, 7) is 4.77. The fourth-order valence-corrected chi connectivity index (χ4v) is 5.03. The third-order valence-electron chi connectivity index (χ3n) is 3.59. The number of aromatic nitrogens is 3. The first-order chi connectivity index (χ1) is 9.46. The molecule has 0 spiro atoms. The molecule has 0 aliphatic carbocycles. The SMILES string of the molecule is CCN(CC1CCNCC1)S(=O)(=O)c1c(Br)nnn1C. The fourth-order valence-electron chi connectivity index (χ4n) is 2.47. The van der Waals surface area contributed by atoms with Crippen molar-refractivity contribution in [1.29, 1.82) is 0 Å². The van der Waals surface area contributed by atoms with E-state index < -0.39 is 10.0 Å². The maximum atomic E-state index is 12.7. The van der Waals surface area contributed by atoms with Crippen LogP contribution in [0.25, 0.3) is 0 Å². The van der Waals surface area contributed by atoms with E-state index in [0.29, 0.717) is 19.0 Å². The summed E-state index contributed by atoms with van der Waals surface area (Å²) in [5, 5.41) is 10.9. The number of nitrogens with one attached hydrogen (secondary N) is 1. The van der Waals surface area contributed by atoms with Crippen LogP contribution in [0.2, 0.25) is 0 Å². The van der Waals surface area contributed by atoms with Gasteiger partial charge in [0.2, 0.25) is 5.03 Å². The van der Waals surface area contributed by atoms with Crippen LogP contribution in [0.5, 0.6) is 0 Å². The molecule has 7 nitrogen and oxygen atoms in total. The van der Waals surface area contributed by atoms with E-state index in [2.05, 4.69) is 31.6 Å². The lowest BCUT2D eigenvalue weighted by Gasteiger charge is -2.28. The van der Waals surface area contributed by atoms with E-state index in [1.165, 1.54) is 8.99 Å². The van der Waals surface area contributed by atoms with Gasteiger partial charge in [-0.15, -0.1) is 5.10 Å². The molecular formula is C11H20BrN5O2S. The molecule has 1 saturated heterocycles. The Balaban J connectivity index is 2.21. The van der Waals surface area contributed by atoms with E-state index in [4.69, 9.17) is 0 Å². The lowest BCUT2D eigenvalue weighted by atomic mass is 9.98. The molecule has 0 atom stereocenters. The van der Waals surface area contributed by atoms with E-state index in [1.54, 1.807) is 7.05 Å². The smallest absolute Gasteiger partial charge is 0.263 e. The molecule has 1 N–H and O–H groups in total. The first-order valence-corrected chi connectivity index (χ1v) is 8.96. The molecule has 1 aliphatic heterocycles. The molecule has 0 aromatic carbocycles. The van der Waals surface area contributed by atoms with Crippen molar-refractivity contribution in [2.75, 3.05) is 26.2 Å². The standard InChI is InChI=1S/C11H20BrN5O2S/c1-3-17(8-9-4-6-13-7-5-9)20(18,19)11-10(12)14-15-16(11)2/h9,13H,3-8H2,1-2H3. The van der Waals surface area contributed by atoms with Gasteiger partial charge in [0.05, 0.1) is 0 Å². The molecule has 0 unspecified atom stereocenters. The molecule has 0 saturated carbocycles. The van der Waals surface area contributed by atoms with Gasteiger partial charge in [0, 0.05) is 20.1 Å². The van der Waals surface area contributed by atoms with Crippen molar-refractivity contribution in [3.8, 4) is 0 Å². The molecule has 20 heavy (non-hydrogen) atoms. The molecule has 2 heterocycles. The van der Waals surface area contributed by atoms with Crippen molar-refractivity contribution in [2.45, 2.75) is 24.8 Å². The summed E-state index contributed by atoms with van der Waals surface area (Å²) in [6.07, 6.45) is 2.02. The Morgan fingerprint density at radius 1 is 1.45 bits per heavy atom. The number of halogens is 1. The second kappa shape index (κ2) is 6.50. The van der Waals surface area contributed by atoms with Crippen molar-refractivity contribution in [3.63, 3.8) is 0 Å². The quantitative estimate of drug-likeness (QED) is 0.825. The first-order valence-electron chi connectivity index (χ1n) is 6.72. The highest BCUT2D eigenvalue weighted by atomic mass is 79.9. The Hall–Kier alpha value is -0.510. The number of sulfonamides is 1. The van der Waals surface area contributed by atoms with Gasteiger partial charge in [0.15, 0.2) is 4.60 Å². The van der Waals surface area contributed by atoms with Gasteiger partial charge < -0.3 is 5.32 Å². The van der Waals surface area contributed by atoms with Gasteiger partial charge in [-0.25, -0.2) is 13.1 Å². The Labute approximate surface area is 127 Å². The average molecular weight is 366 g/mol. The Kier molecular flexibility index (Phi) is 5.16. The number of hydrogen-bond donors (Lipinski definition) is 1. The van der Waals surface area contributed by atoms with Crippen LogP contribution in [-0.2, 0) is 17.1 Å². The van der Waals surface area contributed by atoms with Gasteiger partial charge in [-0.2, -0.15) is 4.31 Å². The summed E-state index contributed by atoms with van der Waals surface area (Å²) in [6, 6.07) is 0. The summed E-state index contributed by atoms with van der Waals surface area (Å²) in [5.41, 5.74) is 0. The topological polar surface area (TPSA) is 80.1 Å². The minimum Gasteiger partial charge on any atom is -0.317 e. The summed E-state index contributed by atoms with van der Waals surface area (Å²) < 4.78 is 28.5. The summed E-state index contributed by atoms with van der Waals surface area (Å²) in [5.74, 6) is 0.408. The molecular weight excluding hydrogens is 346 g/mol. The largest absolute Gasteiger partial charge is 0.317 e. The molecule has 0 amide bonds. The zero-order chi connectivity index (χ0) is 14.8. The molecule has 1 fully saturated rings. The molecule has 0 radical (unpaired) electrons. The van der Waals surface area contributed by atoms with Crippen molar-refractivity contribution in [2.24, 2.45) is 13.0 Å². The van der Waals surface area contributed by atoms with Crippen molar-refractivity contribution >= 4 is 26.0 Å². The van der Waals surface area contributed by atoms with Crippen LogP contribution >= 0.6 is 15.9 Å². The van der Waals surface area contributed by atoms with Crippen LogP contribution in [-0.4, -0.2) is 53.9 Å². The van der Waals surface area contributed by atoms with E-state index in [0.717, 1.165) is 25.9 Å². The first kappa shape index (κ1) is 15.9. The van der Waals surface area contributed by atoms with Crippen LogP contribution < -0.4 is 5.32 Å². The predicted molar refractivity (Wildman–Crippen MR) is 78.7 cm³/mol. The van der Waals surface area contributed by atoms with Crippen molar-refractivity contribution in [1.82, 2.24) is 24.6 Å². The van der Waals surface area contributed by atoms with Crippen molar-refractivity contribution < 1.29 is 8.42 Å². The number of nitrogens with zero attached hydrogens (tertiary/aromatic N) is 4. The normalized spacial score (nSPS) is 17.8. The van der Waals surface area contributed by atoms with E-state index in [9.17, 15) is 8.42 Å². The maximum Gasteiger partial charge on any atom is 0.263 e. The van der Waals surface area contributed by atoms with Gasteiger partial charge in [-0.05, 0) is 47.8 Å². The van der Waals surface area contributed by atoms with E-state index in [1.807, 2.05) is 6.92 Å². The van der Waals surface area contributed by atoms with Crippen LogP contribution in [0.15, 0.2) is 9.63 Å². The zero-order valence-electron chi connectivity index (χ0n) is 11.7. The van der Waals surface area contributed by atoms with Crippen LogP contribution in [0.3, 0.4) is 0 Å². The fraction of sp³-hybridized carbons (Fsp3) is 0.818. The van der Waals surface area contributed by atoms with Crippen LogP contribution in [0, 0.1) is 5.92 Å². The summed E-state index contributed by atoms with van der Waals surface area (Å²) in [4.78, 5) is 0.